The Balaban J connectivity index is 1.29. The molecule has 0 aliphatic rings. The first-order valence-electron chi connectivity index (χ1n) is 13.3. The lowest BCUT2D eigenvalue weighted by atomic mass is 10.1. The number of nitro benzene ring substituents is 1. The molecule has 0 saturated heterocycles. The highest BCUT2D eigenvalue weighted by Crippen LogP contribution is 2.28. The van der Waals surface area contributed by atoms with E-state index in [1.54, 1.807) is 60.7 Å². The first kappa shape index (κ1) is 30.1. The molecule has 5 aromatic rings. The second-order valence-electron chi connectivity index (χ2n) is 9.50. The lowest BCUT2D eigenvalue weighted by molar-refractivity contribution is -0.385. The molecule has 12 heteroatoms. The molecule has 0 bridgehead atoms. The molecular weight excluding hydrogens is 599 g/mol. The van der Waals surface area contributed by atoms with E-state index in [2.05, 4.69) is 20.9 Å². The van der Waals surface area contributed by atoms with Crippen LogP contribution in [0.3, 0.4) is 0 Å². The summed E-state index contributed by atoms with van der Waals surface area (Å²) in [5.74, 6) is -1.34. The smallest absolute Gasteiger partial charge is 0.276 e. The highest BCUT2D eigenvalue weighted by atomic mass is 32.2. The number of carbonyl (C=O) groups is 3. The second kappa shape index (κ2) is 13.8. The summed E-state index contributed by atoms with van der Waals surface area (Å²) in [5, 5.41) is 20.2. The number of thioether (sulfide) groups is 1. The SMILES string of the molecule is Cc1ccc2nc(NC(=O)CSc3cccc(NC(=O)/C(=C\c4ccccc4[N+](=O)[O-])NC(=O)c4ccccc4)c3)sc2c1. The Labute approximate surface area is 260 Å². The third-order valence-electron chi connectivity index (χ3n) is 6.21. The van der Waals surface area contributed by atoms with Crippen LogP contribution in [0.2, 0.25) is 0 Å². The van der Waals surface area contributed by atoms with E-state index in [1.807, 2.05) is 25.1 Å². The van der Waals surface area contributed by atoms with Crippen LogP contribution in [0.1, 0.15) is 21.5 Å². The molecule has 0 saturated carbocycles. The van der Waals surface area contributed by atoms with Gasteiger partial charge in [-0.2, -0.15) is 0 Å². The number of amides is 3. The fourth-order valence-corrected chi connectivity index (χ4v) is 5.86. The molecule has 1 aromatic heterocycles. The first-order valence-corrected chi connectivity index (χ1v) is 15.1. The van der Waals surface area contributed by atoms with Gasteiger partial charge in [-0.3, -0.25) is 24.5 Å². The van der Waals surface area contributed by atoms with Gasteiger partial charge in [-0.25, -0.2) is 4.98 Å². The van der Waals surface area contributed by atoms with Gasteiger partial charge in [0.2, 0.25) is 5.91 Å². The fraction of sp³-hybridized carbons (Fsp3) is 0.0625. The minimum absolute atomic E-state index is 0.113. The van der Waals surface area contributed by atoms with Crippen LogP contribution in [0.5, 0.6) is 0 Å². The zero-order valence-corrected chi connectivity index (χ0v) is 24.9. The summed E-state index contributed by atoms with van der Waals surface area (Å²) >= 11 is 2.68. The summed E-state index contributed by atoms with van der Waals surface area (Å²) in [5.41, 5.74) is 2.40. The minimum atomic E-state index is -0.682. The fourth-order valence-electron chi connectivity index (χ4n) is 4.13. The van der Waals surface area contributed by atoms with Gasteiger partial charge in [-0.05, 0) is 67.1 Å². The molecule has 0 unspecified atom stereocenters. The van der Waals surface area contributed by atoms with Crippen molar-refractivity contribution in [3.8, 4) is 0 Å². The maximum absolute atomic E-state index is 13.4. The van der Waals surface area contributed by atoms with Crippen molar-refractivity contribution in [2.45, 2.75) is 11.8 Å². The Bertz CT molecular complexity index is 1910. The molecule has 4 aromatic carbocycles. The molecule has 0 atom stereocenters. The topological polar surface area (TPSA) is 143 Å². The average molecular weight is 624 g/mol. The molecule has 1 heterocycles. The normalized spacial score (nSPS) is 11.2. The van der Waals surface area contributed by atoms with E-state index in [4.69, 9.17) is 0 Å². The third kappa shape index (κ3) is 7.73. The number of fused-ring (bicyclic) bond motifs is 1. The lowest BCUT2D eigenvalue weighted by Gasteiger charge is -2.12. The van der Waals surface area contributed by atoms with Crippen LogP contribution in [0, 0.1) is 17.0 Å². The van der Waals surface area contributed by atoms with Gasteiger partial charge in [0.25, 0.3) is 17.5 Å². The van der Waals surface area contributed by atoms with Gasteiger partial charge in [-0.1, -0.05) is 53.8 Å². The summed E-state index contributed by atoms with van der Waals surface area (Å²) in [6, 6.07) is 27.0. The van der Waals surface area contributed by atoms with Crippen molar-refractivity contribution in [1.82, 2.24) is 10.3 Å². The van der Waals surface area contributed by atoms with Crippen molar-refractivity contribution in [2.24, 2.45) is 0 Å². The van der Waals surface area contributed by atoms with E-state index in [0.29, 0.717) is 16.4 Å². The molecule has 44 heavy (non-hydrogen) atoms. The van der Waals surface area contributed by atoms with Crippen molar-refractivity contribution in [3.05, 3.63) is 130 Å². The number of aromatic nitrogens is 1. The van der Waals surface area contributed by atoms with Gasteiger partial charge in [0.05, 0.1) is 26.5 Å². The van der Waals surface area contributed by atoms with Crippen LogP contribution in [-0.2, 0) is 9.59 Å². The predicted molar refractivity (Wildman–Crippen MR) is 174 cm³/mol. The molecule has 220 valence electrons. The molecule has 3 N–H and O–H groups in total. The van der Waals surface area contributed by atoms with Crippen molar-refractivity contribution in [2.75, 3.05) is 16.4 Å². The standard InChI is InChI=1S/C32H25N5O5S2/c1-20-14-15-25-28(16-20)44-32(35-25)36-29(38)19-43-24-12-7-11-23(18-24)33-31(40)26(34-30(39)21-8-3-2-4-9-21)17-22-10-5-6-13-27(22)37(41)42/h2-18H,19H2,1H3,(H,33,40)(H,34,39)(H,35,36,38)/b26-17+. The van der Waals surface area contributed by atoms with E-state index in [9.17, 15) is 24.5 Å². The molecule has 0 spiro atoms. The monoisotopic (exact) mass is 623 g/mol. The Morgan fingerprint density at radius 2 is 1.70 bits per heavy atom. The highest BCUT2D eigenvalue weighted by Gasteiger charge is 2.19. The molecule has 0 fully saturated rings. The lowest BCUT2D eigenvalue weighted by Crippen LogP contribution is -2.30. The van der Waals surface area contributed by atoms with Crippen molar-refractivity contribution in [1.29, 1.82) is 0 Å². The second-order valence-corrected chi connectivity index (χ2v) is 11.6. The van der Waals surface area contributed by atoms with E-state index in [0.717, 1.165) is 20.7 Å². The first-order chi connectivity index (χ1) is 21.2. The van der Waals surface area contributed by atoms with Gasteiger partial charge < -0.3 is 16.0 Å². The Morgan fingerprint density at radius 3 is 2.50 bits per heavy atom. The van der Waals surface area contributed by atoms with Crippen LogP contribution < -0.4 is 16.0 Å². The number of hydrogen-bond donors (Lipinski definition) is 3. The number of carbonyl (C=O) groups excluding carboxylic acids is 3. The minimum Gasteiger partial charge on any atom is -0.321 e. The molecule has 5 rings (SSSR count). The number of anilines is 2. The maximum atomic E-state index is 13.4. The number of thiazole rings is 1. The average Bonchev–Trinajstić information content (AvgIpc) is 3.41. The van der Waals surface area contributed by atoms with Crippen LogP contribution in [0.15, 0.2) is 108 Å². The Hall–Kier alpha value is -5.33. The highest BCUT2D eigenvalue weighted by molar-refractivity contribution is 8.00. The summed E-state index contributed by atoms with van der Waals surface area (Å²) < 4.78 is 0.992. The quantitative estimate of drug-likeness (QED) is 0.0684. The van der Waals surface area contributed by atoms with Gasteiger partial charge in [-0.15, -0.1) is 11.8 Å². The van der Waals surface area contributed by atoms with Crippen molar-refractivity contribution < 1.29 is 19.3 Å². The summed E-state index contributed by atoms with van der Waals surface area (Å²) in [4.78, 5) is 55.1. The number of benzene rings is 4. The third-order valence-corrected chi connectivity index (χ3v) is 8.14. The predicted octanol–water partition coefficient (Wildman–Crippen LogP) is 6.65. The summed E-state index contributed by atoms with van der Waals surface area (Å²) in [7, 11) is 0. The van der Waals surface area contributed by atoms with Crippen LogP contribution in [0.25, 0.3) is 16.3 Å². The number of nitrogens with zero attached hydrogens (tertiary/aromatic N) is 2. The molecule has 0 aliphatic heterocycles. The Morgan fingerprint density at radius 1 is 0.932 bits per heavy atom. The van der Waals surface area contributed by atoms with Crippen molar-refractivity contribution >= 4 is 73.6 Å². The largest absolute Gasteiger partial charge is 0.321 e. The van der Waals surface area contributed by atoms with Crippen LogP contribution >= 0.6 is 23.1 Å². The van der Waals surface area contributed by atoms with Gasteiger partial charge >= 0.3 is 0 Å². The van der Waals surface area contributed by atoms with Gasteiger partial charge in [0, 0.05) is 22.2 Å². The summed E-state index contributed by atoms with van der Waals surface area (Å²) in [6.07, 6.45) is 1.26. The van der Waals surface area contributed by atoms with Crippen LogP contribution in [-0.4, -0.2) is 33.4 Å². The van der Waals surface area contributed by atoms with E-state index >= 15 is 0 Å². The summed E-state index contributed by atoms with van der Waals surface area (Å²) in [6.45, 7) is 2.00. The van der Waals surface area contributed by atoms with E-state index in [1.165, 1.54) is 47.4 Å². The van der Waals surface area contributed by atoms with Crippen molar-refractivity contribution in [3.63, 3.8) is 0 Å². The number of rotatable bonds is 10. The van der Waals surface area contributed by atoms with E-state index < -0.39 is 16.7 Å². The maximum Gasteiger partial charge on any atom is 0.276 e. The number of hydrogen-bond acceptors (Lipinski definition) is 8. The van der Waals surface area contributed by atoms with Gasteiger partial charge in [0.1, 0.15) is 5.70 Å². The van der Waals surface area contributed by atoms with Gasteiger partial charge in [0.15, 0.2) is 5.13 Å². The van der Waals surface area contributed by atoms with E-state index in [-0.39, 0.29) is 28.6 Å². The molecular formula is C32H25N5O5S2. The molecule has 3 amide bonds. The number of nitro groups is 1. The molecule has 10 nitrogen and oxygen atoms in total. The van der Waals surface area contributed by atoms with Crippen LogP contribution in [0.4, 0.5) is 16.5 Å². The molecule has 0 aliphatic carbocycles. The number of aryl methyl sites for hydroxylation is 1. The Kier molecular flexibility index (Phi) is 9.43. The zero-order valence-electron chi connectivity index (χ0n) is 23.3. The number of para-hydroxylation sites is 1. The number of nitrogens with one attached hydrogen (secondary N) is 3. The molecule has 0 radical (unpaired) electrons. The zero-order chi connectivity index (χ0) is 31.1.